The van der Waals surface area contributed by atoms with E-state index in [1.807, 2.05) is 26.8 Å². The van der Waals surface area contributed by atoms with Gasteiger partial charge in [-0.1, -0.05) is 23.3 Å². The number of aliphatic hydroxyl groups is 1. The Kier molecular flexibility index (Phi) is 9.12. The number of hydrogen-bond acceptors (Lipinski definition) is 11. The summed E-state index contributed by atoms with van der Waals surface area (Å²) in [6.07, 6.45) is 16.9. The van der Waals surface area contributed by atoms with Crippen molar-refractivity contribution in [1.82, 2.24) is 0 Å². The highest BCUT2D eigenvalue weighted by atomic mass is 17.3. The highest BCUT2D eigenvalue weighted by Gasteiger charge is 2.57. The molecule has 0 bridgehead atoms. The molecule has 9 aliphatic rings. The third kappa shape index (κ3) is 6.56. The molecule has 0 aromatic carbocycles. The number of aliphatic hydroxyl groups excluding tert-OH is 1. The van der Waals surface area contributed by atoms with Gasteiger partial charge in [0.25, 0.3) is 0 Å². The van der Waals surface area contributed by atoms with Crippen molar-refractivity contribution in [3.8, 4) is 0 Å². The number of ether oxygens (including phenoxy) is 4. The maximum Gasteiger partial charge on any atom is 0.206 e. The molecule has 0 aromatic heterocycles. The zero-order valence-electron chi connectivity index (χ0n) is 29.0. The molecule has 0 amide bonds. The van der Waals surface area contributed by atoms with Gasteiger partial charge in [-0.05, 0) is 78.9 Å². The van der Waals surface area contributed by atoms with Crippen molar-refractivity contribution in [3.05, 3.63) is 34.9 Å². The molecule has 2 saturated carbocycles. The van der Waals surface area contributed by atoms with Crippen LogP contribution in [-0.4, -0.2) is 76.9 Å². The first-order valence-electron chi connectivity index (χ1n) is 17.7. The molecule has 264 valence electrons. The van der Waals surface area contributed by atoms with Crippen LogP contribution < -0.4 is 0 Å². The van der Waals surface area contributed by atoms with Crippen LogP contribution in [0, 0.1) is 0 Å². The summed E-state index contributed by atoms with van der Waals surface area (Å²) >= 11 is 0. The van der Waals surface area contributed by atoms with Crippen LogP contribution in [0.15, 0.2) is 34.9 Å². The molecule has 5 aliphatic carbocycles. The molecule has 4 aliphatic heterocycles. The lowest BCUT2D eigenvalue weighted by Crippen LogP contribution is -2.56. The lowest BCUT2D eigenvalue weighted by atomic mass is 9.98. The van der Waals surface area contributed by atoms with E-state index < -0.39 is 29.1 Å². The van der Waals surface area contributed by atoms with E-state index in [-0.39, 0.29) is 29.5 Å². The van der Waals surface area contributed by atoms with E-state index in [1.54, 1.807) is 0 Å². The SMILES string of the molecule is CC1=C[C@H]2OC3(CCCC3)OO[C@@]2(C)C1.CC1=C[C@H]2OC3(CCOCC3)OO[C@@]2(C)C1.CC1=C[C@]2(C)OOC3(CCCC3)O[C@@H]2[C@H]1O. The van der Waals surface area contributed by atoms with Crippen LogP contribution in [0.1, 0.15) is 119 Å². The van der Waals surface area contributed by atoms with Gasteiger partial charge in [0.15, 0.2) is 0 Å². The van der Waals surface area contributed by atoms with Gasteiger partial charge in [-0.15, -0.1) is 0 Å². The molecule has 11 nitrogen and oxygen atoms in total. The van der Waals surface area contributed by atoms with Gasteiger partial charge < -0.3 is 24.1 Å². The van der Waals surface area contributed by atoms with Gasteiger partial charge in [-0.3, -0.25) is 0 Å². The second kappa shape index (κ2) is 12.5. The molecule has 0 radical (unpaired) electrons. The largest absolute Gasteiger partial charge is 0.386 e. The summed E-state index contributed by atoms with van der Waals surface area (Å²) in [5.41, 5.74) is 2.26. The highest BCUT2D eigenvalue weighted by molar-refractivity contribution is 5.27. The minimum absolute atomic E-state index is 0.0133. The fourth-order valence-corrected chi connectivity index (χ4v) is 8.57. The first-order chi connectivity index (χ1) is 22.3. The van der Waals surface area contributed by atoms with Crippen LogP contribution in [0.4, 0.5) is 0 Å². The second-order valence-corrected chi connectivity index (χ2v) is 15.9. The van der Waals surface area contributed by atoms with Crippen LogP contribution >= 0.6 is 0 Å². The minimum atomic E-state index is -0.642. The van der Waals surface area contributed by atoms with Crippen molar-refractivity contribution in [2.45, 2.75) is 177 Å². The van der Waals surface area contributed by atoms with Gasteiger partial charge in [0.1, 0.15) is 41.2 Å². The quantitative estimate of drug-likeness (QED) is 0.232. The smallest absolute Gasteiger partial charge is 0.206 e. The van der Waals surface area contributed by atoms with Crippen molar-refractivity contribution in [2.24, 2.45) is 0 Å². The Morgan fingerprint density at radius 1 is 0.596 bits per heavy atom. The van der Waals surface area contributed by atoms with E-state index in [0.717, 1.165) is 69.8 Å². The minimum Gasteiger partial charge on any atom is -0.386 e. The van der Waals surface area contributed by atoms with Gasteiger partial charge in [0.2, 0.25) is 17.4 Å². The molecule has 6 fully saturated rings. The third-order valence-corrected chi connectivity index (χ3v) is 11.3. The monoisotopic (exact) mass is 662 g/mol. The Hall–Kier alpha value is -1.22. The van der Waals surface area contributed by atoms with E-state index in [9.17, 15) is 5.11 Å². The average molecular weight is 663 g/mol. The summed E-state index contributed by atoms with van der Waals surface area (Å²) in [6.45, 7) is 13.5. The summed E-state index contributed by atoms with van der Waals surface area (Å²) in [6, 6.07) is 0. The van der Waals surface area contributed by atoms with Crippen LogP contribution in [0.5, 0.6) is 0 Å². The third-order valence-electron chi connectivity index (χ3n) is 11.3. The molecule has 47 heavy (non-hydrogen) atoms. The Bertz CT molecular complexity index is 1260. The van der Waals surface area contributed by atoms with Crippen molar-refractivity contribution in [3.63, 3.8) is 0 Å². The molecule has 1 N–H and O–H groups in total. The Balaban J connectivity index is 0.000000112. The molecule has 4 saturated heterocycles. The lowest BCUT2D eigenvalue weighted by Gasteiger charge is -2.46. The number of hydrogen-bond donors (Lipinski definition) is 1. The molecule has 0 aromatic rings. The maximum atomic E-state index is 10.1. The van der Waals surface area contributed by atoms with Crippen molar-refractivity contribution >= 4 is 0 Å². The van der Waals surface area contributed by atoms with Gasteiger partial charge in [-0.2, -0.15) is 0 Å². The van der Waals surface area contributed by atoms with Crippen LogP contribution in [0.2, 0.25) is 0 Å². The molecule has 9 rings (SSSR count). The van der Waals surface area contributed by atoms with E-state index in [2.05, 4.69) is 32.9 Å². The topological polar surface area (TPSA) is 113 Å². The Morgan fingerprint density at radius 2 is 1.04 bits per heavy atom. The van der Waals surface area contributed by atoms with Crippen molar-refractivity contribution in [2.75, 3.05) is 13.2 Å². The molecule has 3 spiro atoms. The van der Waals surface area contributed by atoms with E-state index in [1.165, 1.54) is 24.0 Å². The van der Waals surface area contributed by atoms with Crippen molar-refractivity contribution in [1.29, 1.82) is 0 Å². The van der Waals surface area contributed by atoms with E-state index in [4.69, 9.17) is 48.3 Å². The fourth-order valence-electron chi connectivity index (χ4n) is 8.57. The average Bonchev–Trinajstić information content (AvgIpc) is 3.84. The Labute approximate surface area is 278 Å². The van der Waals surface area contributed by atoms with Crippen molar-refractivity contribution < 1.29 is 53.4 Å². The molecular weight excluding hydrogens is 608 g/mol. The number of fused-ring (bicyclic) bond motifs is 3. The zero-order valence-corrected chi connectivity index (χ0v) is 29.0. The molecule has 0 unspecified atom stereocenters. The molecule has 4 heterocycles. The normalized spacial score (nSPS) is 43.6. The van der Waals surface area contributed by atoms with Gasteiger partial charge >= 0.3 is 0 Å². The zero-order chi connectivity index (χ0) is 33.1. The highest BCUT2D eigenvalue weighted by Crippen LogP contribution is 2.49. The summed E-state index contributed by atoms with van der Waals surface area (Å²) in [5.74, 6) is -1.63. The molecule has 7 atom stereocenters. The maximum absolute atomic E-state index is 10.1. The molecule has 11 heteroatoms. The predicted molar refractivity (Wildman–Crippen MR) is 168 cm³/mol. The summed E-state index contributed by atoms with van der Waals surface area (Å²) in [4.78, 5) is 33.3. The lowest BCUT2D eigenvalue weighted by molar-refractivity contribution is -0.525. The van der Waals surface area contributed by atoms with Crippen LogP contribution in [0.25, 0.3) is 0 Å². The first-order valence-corrected chi connectivity index (χ1v) is 17.7. The van der Waals surface area contributed by atoms with E-state index in [0.29, 0.717) is 13.2 Å². The van der Waals surface area contributed by atoms with Crippen LogP contribution in [0.3, 0.4) is 0 Å². The summed E-state index contributed by atoms with van der Waals surface area (Å²) in [5, 5.41) is 10.1. The Morgan fingerprint density at radius 3 is 1.55 bits per heavy atom. The molecular formula is C36H54O11. The van der Waals surface area contributed by atoms with Gasteiger partial charge in [-0.25, -0.2) is 29.3 Å². The number of rotatable bonds is 0. The van der Waals surface area contributed by atoms with Crippen LogP contribution in [-0.2, 0) is 48.3 Å². The summed E-state index contributed by atoms with van der Waals surface area (Å²) in [7, 11) is 0. The fraction of sp³-hybridized carbons (Fsp3) is 0.833. The van der Waals surface area contributed by atoms with Gasteiger partial charge in [0.05, 0.1) is 13.2 Å². The predicted octanol–water partition coefficient (Wildman–Crippen LogP) is 6.34. The van der Waals surface area contributed by atoms with E-state index >= 15 is 0 Å². The standard InChI is InChI=1S/2C12H18O4.C12H18O3/c1-9-7-10-11(2,8-9)15-16-12(14-10)3-5-13-6-4-12;1-8-7-11(2)10(9(8)13)14-12(16-15-11)5-3-4-6-12;1-9-7-10-11(2,8-9)14-15-12(13-10)5-3-4-6-12/h7,10H,3-6,8H2,1-2H3;7,9-10,13H,3-6H2,1-2H3;7,10H,3-6,8H2,1-2H3/t10-,11+;9-,10+,11-;10-,11+/m101/s1. The summed E-state index contributed by atoms with van der Waals surface area (Å²) < 4.78 is 23.5. The first kappa shape index (κ1) is 34.2. The second-order valence-electron chi connectivity index (χ2n) is 15.9. The van der Waals surface area contributed by atoms with Gasteiger partial charge in [0, 0.05) is 51.4 Å².